The van der Waals surface area contributed by atoms with Gasteiger partial charge in [0.25, 0.3) is 0 Å². The molecule has 0 amide bonds. The molecule has 0 aliphatic heterocycles. The molecule has 1 saturated carbocycles. The van der Waals surface area contributed by atoms with E-state index >= 15 is 0 Å². The van der Waals surface area contributed by atoms with E-state index in [2.05, 4.69) is 13.8 Å². The van der Waals surface area contributed by atoms with Crippen molar-refractivity contribution in [2.24, 2.45) is 11.3 Å². The highest BCUT2D eigenvalue weighted by Gasteiger charge is 2.44. The molecule has 1 aliphatic carbocycles. The molecule has 1 fully saturated rings. The molecule has 0 spiro atoms. The van der Waals surface area contributed by atoms with Gasteiger partial charge in [0, 0.05) is 0 Å². The van der Waals surface area contributed by atoms with E-state index in [0.717, 1.165) is 18.6 Å². The van der Waals surface area contributed by atoms with Gasteiger partial charge in [0.2, 0.25) is 0 Å². The normalized spacial score (nSPS) is 26.9. The Hall–Kier alpha value is -0.590. The molecule has 0 bridgehead atoms. The molecule has 0 aromatic carbocycles. The van der Waals surface area contributed by atoms with Gasteiger partial charge in [-0.3, -0.25) is 4.79 Å². The molecule has 1 nitrogen and oxygen atoms in total. The van der Waals surface area contributed by atoms with Gasteiger partial charge in [-0.1, -0.05) is 19.4 Å². The molecule has 0 heterocycles. The van der Waals surface area contributed by atoms with Crippen LogP contribution in [0.2, 0.25) is 0 Å². The lowest BCUT2D eigenvalue weighted by Gasteiger charge is -2.02. The molecule has 68 valence electrons. The maximum absolute atomic E-state index is 10.1. The smallest absolute Gasteiger partial charge is 0.142 e. The lowest BCUT2D eigenvalue weighted by atomic mass is 10.0. The first-order valence-corrected chi connectivity index (χ1v) is 4.67. The van der Waals surface area contributed by atoms with E-state index in [1.807, 2.05) is 6.92 Å². The molecule has 1 aliphatic rings. The molecule has 0 aromatic rings. The monoisotopic (exact) mass is 166 g/mol. The van der Waals surface area contributed by atoms with Gasteiger partial charge in [-0.2, -0.15) is 0 Å². The van der Waals surface area contributed by atoms with Crippen LogP contribution < -0.4 is 0 Å². The molecule has 1 rings (SSSR count). The molecule has 1 atom stereocenters. The lowest BCUT2D eigenvalue weighted by Crippen LogP contribution is -1.90. The second-order valence-corrected chi connectivity index (χ2v) is 4.58. The predicted octanol–water partition coefficient (Wildman–Crippen LogP) is 2.96. The van der Waals surface area contributed by atoms with E-state index < -0.39 is 0 Å². The lowest BCUT2D eigenvalue weighted by molar-refractivity contribution is -0.104. The maximum atomic E-state index is 10.1. The fourth-order valence-corrected chi connectivity index (χ4v) is 1.67. The molecule has 0 radical (unpaired) electrons. The molecule has 1 unspecified atom stereocenters. The average molecular weight is 166 g/mol. The van der Waals surface area contributed by atoms with E-state index in [-0.39, 0.29) is 0 Å². The van der Waals surface area contributed by atoms with Gasteiger partial charge in [-0.15, -0.1) is 0 Å². The van der Waals surface area contributed by atoms with Crippen molar-refractivity contribution in [2.75, 3.05) is 0 Å². The van der Waals surface area contributed by atoms with Crippen LogP contribution in [0.1, 0.15) is 40.0 Å². The number of carbonyl (C=O) groups excluding carboxylic acids is 1. The Morgan fingerprint density at radius 3 is 2.58 bits per heavy atom. The molecule has 0 saturated heterocycles. The van der Waals surface area contributed by atoms with Crippen molar-refractivity contribution in [1.82, 2.24) is 0 Å². The highest BCUT2D eigenvalue weighted by atomic mass is 16.1. The Labute approximate surface area is 74.9 Å². The molecule has 12 heavy (non-hydrogen) atoms. The molecule has 1 heteroatoms. The summed E-state index contributed by atoms with van der Waals surface area (Å²) in [7, 11) is 0. The standard InChI is InChI=1S/C11H18O/c1-9(6-7-12)4-5-10-8-11(10,2)3/h6-7,10H,4-5,8H2,1-3H3/b9-6+. The summed E-state index contributed by atoms with van der Waals surface area (Å²) >= 11 is 0. The van der Waals surface area contributed by atoms with Crippen LogP contribution in [0.15, 0.2) is 11.6 Å². The van der Waals surface area contributed by atoms with Gasteiger partial charge in [0.05, 0.1) is 0 Å². The minimum absolute atomic E-state index is 0.585. The quantitative estimate of drug-likeness (QED) is 0.463. The number of rotatable bonds is 4. The van der Waals surface area contributed by atoms with E-state index in [1.54, 1.807) is 6.08 Å². The minimum Gasteiger partial charge on any atom is -0.299 e. The van der Waals surface area contributed by atoms with E-state index in [4.69, 9.17) is 0 Å². The van der Waals surface area contributed by atoms with Gasteiger partial charge < -0.3 is 0 Å². The summed E-state index contributed by atoms with van der Waals surface area (Å²) in [6.45, 7) is 6.66. The SMILES string of the molecule is C/C(=C\C=O)CCC1CC1(C)C. The fraction of sp³-hybridized carbons (Fsp3) is 0.727. The van der Waals surface area contributed by atoms with Crippen molar-refractivity contribution in [3.05, 3.63) is 11.6 Å². The van der Waals surface area contributed by atoms with Crippen molar-refractivity contribution >= 4 is 6.29 Å². The van der Waals surface area contributed by atoms with Crippen LogP contribution in [-0.2, 0) is 4.79 Å². The van der Waals surface area contributed by atoms with Crippen molar-refractivity contribution in [1.29, 1.82) is 0 Å². The maximum Gasteiger partial charge on any atom is 0.142 e. The van der Waals surface area contributed by atoms with E-state index in [9.17, 15) is 4.79 Å². The Balaban J connectivity index is 2.19. The van der Waals surface area contributed by atoms with E-state index in [1.165, 1.54) is 18.4 Å². The number of aldehydes is 1. The average Bonchev–Trinajstić information content (AvgIpc) is 2.56. The van der Waals surface area contributed by atoms with Gasteiger partial charge in [0.15, 0.2) is 0 Å². The Morgan fingerprint density at radius 2 is 2.17 bits per heavy atom. The number of hydrogen-bond acceptors (Lipinski definition) is 1. The second-order valence-electron chi connectivity index (χ2n) is 4.58. The van der Waals surface area contributed by atoms with Crippen LogP contribution in [0.5, 0.6) is 0 Å². The Morgan fingerprint density at radius 1 is 1.58 bits per heavy atom. The molecule has 0 N–H and O–H groups in total. The van der Waals surface area contributed by atoms with Crippen LogP contribution in [0.3, 0.4) is 0 Å². The van der Waals surface area contributed by atoms with Crippen molar-refractivity contribution < 1.29 is 4.79 Å². The number of hydrogen-bond donors (Lipinski definition) is 0. The second kappa shape index (κ2) is 3.42. The van der Waals surface area contributed by atoms with Crippen LogP contribution in [-0.4, -0.2) is 6.29 Å². The Bertz CT molecular complexity index is 201. The number of carbonyl (C=O) groups is 1. The third kappa shape index (κ3) is 2.47. The molecular formula is C11H18O. The summed E-state index contributed by atoms with van der Waals surface area (Å²) in [6.07, 6.45) is 6.26. The summed E-state index contributed by atoms with van der Waals surface area (Å²) in [6, 6.07) is 0. The van der Waals surface area contributed by atoms with Gasteiger partial charge in [-0.05, 0) is 43.6 Å². The third-order valence-electron chi connectivity index (χ3n) is 2.96. The number of allylic oxidation sites excluding steroid dienone is 2. The summed E-state index contributed by atoms with van der Waals surface area (Å²) in [5, 5.41) is 0. The zero-order chi connectivity index (χ0) is 9.19. The van der Waals surface area contributed by atoms with Gasteiger partial charge in [0.1, 0.15) is 6.29 Å². The van der Waals surface area contributed by atoms with Crippen LogP contribution >= 0.6 is 0 Å². The summed E-state index contributed by atoms with van der Waals surface area (Å²) in [5.41, 5.74) is 1.80. The van der Waals surface area contributed by atoms with Crippen molar-refractivity contribution in [2.45, 2.75) is 40.0 Å². The highest BCUT2D eigenvalue weighted by molar-refractivity contribution is 5.65. The van der Waals surface area contributed by atoms with Crippen molar-refractivity contribution in [3.63, 3.8) is 0 Å². The largest absolute Gasteiger partial charge is 0.299 e. The topological polar surface area (TPSA) is 17.1 Å². The molecular weight excluding hydrogens is 148 g/mol. The third-order valence-corrected chi connectivity index (χ3v) is 2.96. The van der Waals surface area contributed by atoms with Crippen LogP contribution in [0, 0.1) is 11.3 Å². The highest BCUT2D eigenvalue weighted by Crippen LogP contribution is 2.54. The first kappa shape index (κ1) is 9.50. The first-order valence-electron chi connectivity index (χ1n) is 4.67. The zero-order valence-electron chi connectivity index (χ0n) is 8.26. The van der Waals surface area contributed by atoms with Crippen LogP contribution in [0.4, 0.5) is 0 Å². The Kier molecular flexibility index (Phi) is 2.71. The van der Waals surface area contributed by atoms with Crippen molar-refractivity contribution in [3.8, 4) is 0 Å². The van der Waals surface area contributed by atoms with E-state index in [0.29, 0.717) is 5.41 Å². The fourth-order valence-electron chi connectivity index (χ4n) is 1.67. The van der Waals surface area contributed by atoms with Gasteiger partial charge in [-0.25, -0.2) is 0 Å². The summed E-state index contributed by atoms with van der Waals surface area (Å²) < 4.78 is 0. The van der Waals surface area contributed by atoms with Gasteiger partial charge >= 0.3 is 0 Å². The summed E-state index contributed by atoms with van der Waals surface area (Å²) in [4.78, 5) is 10.1. The summed E-state index contributed by atoms with van der Waals surface area (Å²) in [5.74, 6) is 0.896. The predicted molar refractivity (Wildman–Crippen MR) is 50.9 cm³/mol. The minimum atomic E-state index is 0.585. The van der Waals surface area contributed by atoms with Crippen LogP contribution in [0.25, 0.3) is 0 Å². The molecule has 0 aromatic heterocycles. The zero-order valence-corrected chi connectivity index (χ0v) is 8.26. The first-order chi connectivity index (χ1) is 5.56.